The maximum absolute atomic E-state index is 12.2. The Morgan fingerprint density at radius 2 is 1.88 bits per heavy atom. The van der Waals surface area contributed by atoms with Crippen molar-refractivity contribution in [2.24, 2.45) is 18.9 Å². The highest BCUT2D eigenvalue weighted by molar-refractivity contribution is 6.32. The second-order valence-electron chi connectivity index (χ2n) is 6.95. The van der Waals surface area contributed by atoms with Gasteiger partial charge in [-0.25, -0.2) is 4.98 Å². The van der Waals surface area contributed by atoms with E-state index in [1.807, 2.05) is 12.1 Å². The maximum atomic E-state index is 12.2. The van der Waals surface area contributed by atoms with Crippen LogP contribution in [0.3, 0.4) is 0 Å². The smallest absolute Gasteiger partial charge is 0.254 e. The van der Waals surface area contributed by atoms with Crippen LogP contribution in [-0.4, -0.2) is 17.4 Å². The fourth-order valence-electron chi connectivity index (χ4n) is 4.36. The Hall–Kier alpha value is -2.30. The van der Waals surface area contributed by atoms with Crippen LogP contribution in [0.1, 0.15) is 35.9 Å². The predicted octanol–water partition coefficient (Wildman–Crippen LogP) is 1.62. The SMILES string of the molecule is [B]c1cccc(C2C3C=CC(CC3)C2c2cc(=O)n(C)c(N)n2)c1. The van der Waals surface area contributed by atoms with Gasteiger partial charge in [0.05, 0.1) is 5.69 Å². The average Bonchev–Trinajstić information content (AvgIpc) is 2.59. The van der Waals surface area contributed by atoms with Gasteiger partial charge in [0, 0.05) is 19.0 Å². The normalized spacial score (nSPS) is 28.2. The Balaban J connectivity index is 1.85. The highest BCUT2D eigenvalue weighted by Crippen LogP contribution is 2.53. The van der Waals surface area contributed by atoms with Gasteiger partial charge in [0.2, 0.25) is 5.95 Å². The summed E-state index contributed by atoms with van der Waals surface area (Å²) in [5, 5.41) is 0. The minimum atomic E-state index is -0.103. The lowest BCUT2D eigenvalue weighted by Crippen LogP contribution is -2.36. The first-order chi connectivity index (χ1) is 11.5. The summed E-state index contributed by atoms with van der Waals surface area (Å²) in [4.78, 5) is 16.8. The van der Waals surface area contributed by atoms with E-state index < -0.39 is 0 Å². The molecule has 1 heterocycles. The summed E-state index contributed by atoms with van der Waals surface area (Å²) in [6, 6.07) is 9.74. The number of allylic oxidation sites excluding steroid dienone is 2. The van der Waals surface area contributed by atoms with E-state index in [4.69, 9.17) is 13.6 Å². The molecule has 3 aliphatic rings. The lowest BCUT2D eigenvalue weighted by atomic mass is 9.59. The van der Waals surface area contributed by atoms with Gasteiger partial charge in [-0.1, -0.05) is 41.9 Å². The average molecular weight is 317 g/mol. The zero-order valence-electron chi connectivity index (χ0n) is 13.7. The van der Waals surface area contributed by atoms with E-state index in [1.165, 1.54) is 10.1 Å². The molecule has 5 heteroatoms. The van der Waals surface area contributed by atoms with Crippen LogP contribution in [0.2, 0.25) is 0 Å². The standard InChI is InChI=1S/C19H20BN3O/c1-23-16(24)10-15(22-19(23)21)18-12-7-5-11(6-8-12)17(18)13-3-2-4-14(20)9-13/h2-5,7,9-12,17-18H,6,8H2,1H3,(H2,21,22). The molecule has 1 aromatic heterocycles. The molecule has 3 aliphatic carbocycles. The van der Waals surface area contributed by atoms with Crippen LogP contribution in [0.5, 0.6) is 0 Å². The molecule has 4 nitrogen and oxygen atoms in total. The number of fused-ring (bicyclic) bond motifs is 2. The highest BCUT2D eigenvalue weighted by Gasteiger charge is 2.43. The number of aromatic nitrogens is 2. The molecule has 1 saturated carbocycles. The summed E-state index contributed by atoms with van der Waals surface area (Å²) in [7, 11) is 7.66. The molecule has 1 fully saturated rings. The lowest BCUT2D eigenvalue weighted by molar-refractivity contribution is 0.236. The summed E-state index contributed by atoms with van der Waals surface area (Å²) in [5.41, 5.74) is 8.65. The fourth-order valence-corrected chi connectivity index (χ4v) is 4.36. The van der Waals surface area contributed by atoms with E-state index in [2.05, 4.69) is 29.3 Å². The molecule has 0 spiro atoms. The van der Waals surface area contributed by atoms with Crippen LogP contribution in [0.4, 0.5) is 5.95 Å². The second kappa shape index (κ2) is 5.65. The molecule has 120 valence electrons. The largest absolute Gasteiger partial charge is 0.369 e. The van der Waals surface area contributed by atoms with Crippen LogP contribution >= 0.6 is 0 Å². The number of hydrogen-bond donors (Lipinski definition) is 1. The van der Waals surface area contributed by atoms with Gasteiger partial charge in [0.15, 0.2) is 0 Å². The monoisotopic (exact) mass is 317 g/mol. The third-order valence-corrected chi connectivity index (χ3v) is 5.57. The topological polar surface area (TPSA) is 60.9 Å². The molecule has 4 unspecified atom stereocenters. The zero-order valence-corrected chi connectivity index (χ0v) is 13.7. The molecule has 2 N–H and O–H groups in total. The molecular weight excluding hydrogens is 297 g/mol. The molecule has 2 bridgehead atoms. The zero-order chi connectivity index (χ0) is 16.8. The number of rotatable bonds is 2. The van der Waals surface area contributed by atoms with Gasteiger partial charge < -0.3 is 5.73 Å². The van der Waals surface area contributed by atoms with Gasteiger partial charge in [0.1, 0.15) is 7.85 Å². The van der Waals surface area contributed by atoms with Crippen molar-refractivity contribution < 1.29 is 0 Å². The van der Waals surface area contributed by atoms with E-state index in [9.17, 15) is 4.79 Å². The first-order valence-corrected chi connectivity index (χ1v) is 8.42. The Morgan fingerprint density at radius 1 is 1.17 bits per heavy atom. The molecule has 1 aromatic carbocycles. The van der Waals surface area contributed by atoms with Crippen molar-refractivity contribution in [2.75, 3.05) is 5.73 Å². The van der Waals surface area contributed by atoms with Gasteiger partial charge in [-0.15, -0.1) is 0 Å². The molecule has 5 rings (SSSR count). The van der Waals surface area contributed by atoms with Crippen LogP contribution in [0, 0.1) is 11.8 Å². The van der Waals surface area contributed by atoms with Gasteiger partial charge in [0.25, 0.3) is 5.56 Å². The molecule has 0 amide bonds. The van der Waals surface area contributed by atoms with Gasteiger partial charge >= 0.3 is 0 Å². The van der Waals surface area contributed by atoms with Crippen LogP contribution < -0.4 is 16.8 Å². The summed E-state index contributed by atoms with van der Waals surface area (Å²) in [6.45, 7) is 0. The molecular formula is C19H20BN3O. The minimum Gasteiger partial charge on any atom is -0.369 e. The minimum absolute atomic E-state index is 0.103. The molecule has 0 aliphatic heterocycles. The van der Waals surface area contributed by atoms with E-state index >= 15 is 0 Å². The Kier molecular flexibility index (Phi) is 3.59. The summed E-state index contributed by atoms with van der Waals surface area (Å²) in [5.74, 6) is 1.58. The molecule has 2 aromatic rings. The fraction of sp³-hybridized carbons (Fsp3) is 0.368. The number of hydrogen-bond acceptors (Lipinski definition) is 3. The number of nitrogens with two attached hydrogens (primary N) is 1. The van der Waals surface area contributed by atoms with Crippen LogP contribution in [0.15, 0.2) is 47.3 Å². The predicted molar refractivity (Wildman–Crippen MR) is 96.6 cm³/mol. The van der Waals surface area contributed by atoms with E-state index in [0.717, 1.165) is 24.0 Å². The number of benzene rings is 1. The third kappa shape index (κ3) is 2.39. The first kappa shape index (κ1) is 15.2. The van der Waals surface area contributed by atoms with Crippen molar-refractivity contribution in [3.8, 4) is 0 Å². The van der Waals surface area contributed by atoms with Crippen molar-refractivity contribution in [3.63, 3.8) is 0 Å². The molecule has 4 atom stereocenters. The summed E-state index contributed by atoms with van der Waals surface area (Å²) in [6.07, 6.45) is 6.90. The Morgan fingerprint density at radius 3 is 2.50 bits per heavy atom. The number of anilines is 1. The lowest BCUT2D eigenvalue weighted by Gasteiger charge is -2.45. The van der Waals surface area contributed by atoms with Crippen molar-refractivity contribution in [1.29, 1.82) is 0 Å². The van der Waals surface area contributed by atoms with Gasteiger partial charge in [-0.2, -0.15) is 0 Å². The van der Waals surface area contributed by atoms with Crippen molar-refractivity contribution in [3.05, 3.63) is 64.1 Å². The summed E-state index contributed by atoms with van der Waals surface area (Å²) < 4.78 is 1.38. The third-order valence-electron chi connectivity index (χ3n) is 5.57. The van der Waals surface area contributed by atoms with Crippen molar-refractivity contribution >= 4 is 19.3 Å². The number of nitrogens with zero attached hydrogens (tertiary/aromatic N) is 2. The highest BCUT2D eigenvalue weighted by atomic mass is 16.1. The number of nitrogen functional groups attached to an aromatic ring is 1. The van der Waals surface area contributed by atoms with Crippen molar-refractivity contribution in [1.82, 2.24) is 9.55 Å². The Bertz CT molecular complexity index is 873. The molecule has 2 radical (unpaired) electrons. The molecule has 24 heavy (non-hydrogen) atoms. The van der Waals surface area contributed by atoms with Crippen molar-refractivity contribution in [2.45, 2.75) is 24.7 Å². The van der Waals surface area contributed by atoms with E-state index in [0.29, 0.717) is 11.8 Å². The quantitative estimate of drug-likeness (QED) is 0.676. The van der Waals surface area contributed by atoms with Gasteiger partial charge in [-0.05, 0) is 36.2 Å². The summed E-state index contributed by atoms with van der Waals surface area (Å²) >= 11 is 0. The van der Waals surface area contributed by atoms with Gasteiger partial charge in [-0.3, -0.25) is 9.36 Å². The molecule has 0 saturated heterocycles. The Labute approximate surface area is 142 Å². The first-order valence-electron chi connectivity index (χ1n) is 8.42. The van der Waals surface area contributed by atoms with E-state index in [-0.39, 0.29) is 23.3 Å². The maximum Gasteiger partial charge on any atom is 0.254 e. The second-order valence-corrected chi connectivity index (χ2v) is 6.95. The van der Waals surface area contributed by atoms with Crippen LogP contribution in [0.25, 0.3) is 0 Å². The van der Waals surface area contributed by atoms with Crippen LogP contribution in [-0.2, 0) is 7.05 Å². The van der Waals surface area contributed by atoms with E-state index in [1.54, 1.807) is 13.1 Å².